The molecule has 0 radical (unpaired) electrons. The van der Waals surface area contributed by atoms with Crippen LogP contribution in [0.2, 0.25) is 0 Å². The summed E-state index contributed by atoms with van der Waals surface area (Å²) in [6.07, 6.45) is 1.71. The van der Waals surface area contributed by atoms with Gasteiger partial charge in [-0.3, -0.25) is 9.69 Å². The second-order valence-electron chi connectivity index (χ2n) is 6.10. The zero-order valence-electron chi connectivity index (χ0n) is 15.5. The van der Waals surface area contributed by atoms with Gasteiger partial charge in [0.25, 0.3) is 6.47 Å². The number of carbonyl (C=O) groups excluding carboxylic acids is 1. The molecule has 144 valence electrons. The fourth-order valence-electron chi connectivity index (χ4n) is 3.10. The first-order chi connectivity index (χ1) is 13.6. The van der Waals surface area contributed by atoms with Crippen LogP contribution in [-0.2, 0) is 4.79 Å². The van der Waals surface area contributed by atoms with Crippen LogP contribution in [0.3, 0.4) is 0 Å². The number of carbonyl (C=O) groups is 2. The Morgan fingerprint density at radius 1 is 1.25 bits per heavy atom. The number of aryl methyl sites for hydroxylation is 1. The topological polar surface area (TPSA) is 105 Å². The van der Waals surface area contributed by atoms with E-state index in [9.17, 15) is 4.79 Å². The Labute approximate surface area is 161 Å². The summed E-state index contributed by atoms with van der Waals surface area (Å²) < 4.78 is 5.20. The number of ether oxygens (including phenoxy) is 1. The number of amides is 2. The van der Waals surface area contributed by atoms with Crippen molar-refractivity contribution in [3.8, 4) is 17.1 Å². The molecular formula is C20H20N4O4. The SMILES string of the molecule is COc1cc(-c2cc(C)c3ccc(N4CCNC4=O)cc3n2)ccn1.O=CO. The molecule has 1 saturated heterocycles. The van der Waals surface area contributed by atoms with Gasteiger partial charge >= 0.3 is 6.03 Å². The van der Waals surface area contributed by atoms with E-state index in [0.717, 1.165) is 33.4 Å². The molecule has 2 amide bonds. The lowest BCUT2D eigenvalue weighted by molar-refractivity contribution is -0.122. The van der Waals surface area contributed by atoms with Crippen molar-refractivity contribution in [3.05, 3.63) is 48.2 Å². The summed E-state index contributed by atoms with van der Waals surface area (Å²) in [5, 5.41) is 10.8. The van der Waals surface area contributed by atoms with Crippen LogP contribution in [0.5, 0.6) is 5.88 Å². The Hall–Kier alpha value is -3.68. The van der Waals surface area contributed by atoms with Gasteiger partial charge in [-0.1, -0.05) is 6.07 Å². The lowest BCUT2D eigenvalue weighted by atomic mass is 10.1. The van der Waals surface area contributed by atoms with Crippen molar-refractivity contribution in [2.75, 3.05) is 25.1 Å². The number of methoxy groups -OCH3 is 1. The highest BCUT2D eigenvalue weighted by Gasteiger charge is 2.21. The predicted octanol–water partition coefficient (Wildman–Crippen LogP) is 2.84. The van der Waals surface area contributed by atoms with E-state index < -0.39 is 0 Å². The largest absolute Gasteiger partial charge is 0.483 e. The van der Waals surface area contributed by atoms with E-state index in [2.05, 4.69) is 23.3 Å². The maximum Gasteiger partial charge on any atom is 0.321 e. The van der Waals surface area contributed by atoms with Gasteiger partial charge in [-0.15, -0.1) is 0 Å². The first-order valence-corrected chi connectivity index (χ1v) is 8.62. The van der Waals surface area contributed by atoms with Gasteiger partial charge in [-0.05, 0) is 36.8 Å². The minimum absolute atomic E-state index is 0.0638. The monoisotopic (exact) mass is 380 g/mol. The quantitative estimate of drug-likeness (QED) is 0.677. The average Bonchev–Trinajstić information content (AvgIpc) is 3.14. The third-order valence-corrected chi connectivity index (χ3v) is 4.41. The zero-order valence-corrected chi connectivity index (χ0v) is 15.5. The molecule has 0 aliphatic carbocycles. The number of hydrogen-bond donors (Lipinski definition) is 2. The third kappa shape index (κ3) is 3.85. The van der Waals surface area contributed by atoms with E-state index in [1.807, 2.05) is 30.3 Å². The van der Waals surface area contributed by atoms with Crippen molar-refractivity contribution in [2.45, 2.75) is 6.92 Å². The van der Waals surface area contributed by atoms with E-state index in [1.165, 1.54) is 0 Å². The highest BCUT2D eigenvalue weighted by atomic mass is 16.5. The minimum Gasteiger partial charge on any atom is -0.483 e. The summed E-state index contributed by atoms with van der Waals surface area (Å²) in [7, 11) is 1.60. The number of fused-ring (bicyclic) bond motifs is 1. The Morgan fingerprint density at radius 2 is 2.04 bits per heavy atom. The average molecular weight is 380 g/mol. The maximum atomic E-state index is 11.9. The second-order valence-corrected chi connectivity index (χ2v) is 6.10. The molecule has 0 saturated carbocycles. The number of pyridine rings is 2. The summed E-state index contributed by atoms with van der Waals surface area (Å²) in [6, 6.07) is 11.7. The first-order valence-electron chi connectivity index (χ1n) is 8.62. The van der Waals surface area contributed by atoms with Gasteiger partial charge in [-0.2, -0.15) is 0 Å². The normalized spacial score (nSPS) is 12.9. The molecule has 8 heteroatoms. The van der Waals surface area contributed by atoms with Crippen LogP contribution in [0.4, 0.5) is 10.5 Å². The highest BCUT2D eigenvalue weighted by Crippen LogP contribution is 2.29. The van der Waals surface area contributed by atoms with Crippen LogP contribution in [0.25, 0.3) is 22.2 Å². The van der Waals surface area contributed by atoms with Crippen molar-refractivity contribution in [2.24, 2.45) is 0 Å². The van der Waals surface area contributed by atoms with E-state index in [0.29, 0.717) is 19.0 Å². The van der Waals surface area contributed by atoms with E-state index in [4.69, 9.17) is 19.6 Å². The second kappa shape index (κ2) is 8.34. The molecule has 0 atom stereocenters. The number of benzene rings is 1. The van der Waals surface area contributed by atoms with Gasteiger partial charge in [0.1, 0.15) is 0 Å². The Bertz CT molecular complexity index is 1020. The molecule has 1 aromatic carbocycles. The number of nitrogens with zero attached hydrogens (tertiary/aromatic N) is 3. The summed E-state index contributed by atoms with van der Waals surface area (Å²) in [4.78, 5) is 30.9. The molecule has 2 aromatic heterocycles. The van der Waals surface area contributed by atoms with Gasteiger partial charge in [0, 0.05) is 42.0 Å². The molecule has 3 heterocycles. The molecule has 2 N–H and O–H groups in total. The Balaban J connectivity index is 0.000000706. The molecule has 1 aliphatic heterocycles. The molecule has 1 aliphatic rings. The van der Waals surface area contributed by atoms with Crippen molar-refractivity contribution >= 4 is 29.1 Å². The molecule has 1 fully saturated rings. The predicted molar refractivity (Wildman–Crippen MR) is 106 cm³/mol. The van der Waals surface area contributed by atoms with Crippen LogP contribution in [-0.4, -0.2) is 47.8 Å². The molecule has 0 unspecified atom stereocenters. The number of anilines is 1. The first kappa shape index (κ1) is 19.1. The lowest BCUT2D eigenvalue weighted by Gasteiger charge is -2.15. The summed E-state index contributed by atoms with van der Waals surface area (Å²) >= 11 is 0. The highest BCUT2D eigenvalue weighted by molar-refractivity contribution is 5.97. The number of nitrogens with one attached hydrogen (secondary N) is 1. The van der Waals surface area contributed by atoms with Crippen LogP contribution >= 0.6 is 0 Å². The third-order valence-electron chi connectivity index (χ3n) is 4.41. The van der Waals surface area contributed by atoms with Gasteiger partial charge in [-0.25, -0.2) is 14.8 Å². The smallest absolute Gasteiger partial charge is 0.321 e. The summed E-state index contributed by atoms with van der Waals surface area (Å²) in [5.41, 5.74) is 4.66. The van der Waals surface area contributed by atoms with Crippen LogP contribution in [0, 0.1) is 6.92 Å². The molecule has 3 aromatic rings. The van der Waals surface area contributed by atoms with Gasteiger partial charge < -0.3 is 15.2 Å². The van der Waals surface area contributed by atoms with Crippen molar-refractivity contribution in [3.63, 3.8) is 0 Å². The van der Waals surface area contributed by atoms with Gasteiger partial charge in [0.15, 0.2) is 0 Å². The van der Waals surface area contributed by atoms with Crippen molar-refractivity contribution in [1.29, 1.82) is 0 Å². The van der Waals surface area contributed by atoms with Crippen LogP contribution in [0.1, 0.15) is 5.56 Å². The lowest BCUT2D eigenvalue weighted by Crippen LogP contribution is -2.27. The number of carboxylic acid groups (broad SMARTS) is 1. The number of urea groups is 1. The molecule has 8 nitrogen and oxygen atoms in total. The van der Waals surface area contributed by atoms with Crippen LogP contribution in [0.15, 0.2) is 42.6 Å². The van der Waals surface area contributed by atoms with Gasteiger partial charge in [0.05, 0.1) is 18.3 Å². The van der Waals surface area contributed by atoms with E-state index in [1.54, 1.807) is 18.2 Å². The van der Waals surface area contributed by atoms with Crippen molar-refractivity contribution < 1.29 is 19.4 Å². The zero-order chi connectivity index (χ0) is 20.1. The summed E-state index contributed by atoms with van der Waals surface area (Å²) in [6.45, 7) is 3.15. The number of rotatable bonds is 3. The van der Waals surface area contributed by atoms with E-state index in [-0.39, 0.29) is 12.5 Å². The molecular weight excluding hydrogens is 360 g/mol. The molecule has 0 spiro atoms. The van der Waals surface area contributed by atoms with Crippen molar-refractivity contribution in [1.82, 2.24) is 15.3 Å². The number of hydrogen-bond acceptors (Lipinski definition) is 5. The Morgan fingerprint density at radius 3 is 2.71 bits per heavy atom. The Kier molecular flexibility index (Phi) is 5.69. The number of aromatic nitrogens is 2. The molecule has 0 bridgehead atoms. The fraction of sp³-hybridized carbons (Fsp3) is 0.200. The summed E-state index contributed by atoms with van der Waals surface area (Å²) in [5.74, 6) is 0.555. The fourth-order valence-corrected chi connectivity index (χ4v) is 3.10. The van der Waals surface area contributed by atoms with Gasteiger partial charge in [0.2, 0.25) is 5.88 Å². The van der Waals surface area contributed by atoms with Crippen LogP contribution < -0.4 is 15.0 Å². The standard InChI is InChI=1S/C19H18N4O2.CH2O2/c1-12-9-16(13-5-6-20-18(10-13)25-2)22-17-11-14(3-4-15(12)17)23-8-7-21-19(23)24;2-1-3/h3-6,9-11H,7-8H2,1-2H3,(H,21,24);1H,(H,2,3). The minimum atomic E-state index is -0.250. The van der Waals surface area contributed by atoms with E-state index >= 15 is 0 Å². The maximum absolute atomic E-state index is 11.9. The molecule has 4 rings (SSSR count). The molecule has 28 heavy (non-hydrogen) atoms.